The molecule has 0 radical (unpaired) electrons. The molecular weight excluding hydrogens is 218 g/mol. The summed E-state index contributed by atoms with van der Waals surface area (Å²) in [5.41, 5.74) is 1.12. The van der Waals surface area contributed by atoms with Gasteiger partial charge in [0.15, 0.2) is 0 Å². The molecule has 0 unspecified atom stereocenters. The zero-order valence-corrected chi connectivity index (χ0v) is 10.8. The van der Waals surface area contributed by atoms with Gasteiger partial charge in [-0.3, -0.25) is 0 Å². The zero-order valence-electron chi connectivity index (χ0n) is 10.8. The molecular formula is C12H21N3O2. The minimum atomic E-state index is 0.695. The molecule has 0 aliphatic carbocycles. The molecule has 1 rings (SSSR count). The highest BCUT2D eigenvalue weighted by Gasteiger charge is 2.06. The average molecular weight is 239 g/mol. The third-order valence-electron chi connectivity index (χ3n) is 2.50. The second kappa shape index (κ2) is 7.86. The van der Waals surface area contributed by atoms with Crippen molar-refractivity contribution >= 4 is 11.5 Å². The lowest BCUT2D eigenvalue weighted by Gasteiger charge is -2.24. The van der Waals surface area contributed by atoms with Gasteiger partial charge in [0.2, 0.25) is 0 Å². The highest BCUT2D eigenvalue weighted by atomic mass is 16.5. The van der Waals surface area contributed by atoms with E-state index in [4.69, 9.17) is 9.47 Å². The van der Waals surface area contributed by atoms with Crippen LogP contribution in [0, 0.1) is 0 Å². The summed E-state index contributed by atoms with van der Waals surface area (Å²) in [5, 5.41) is 3.03. The van der Waals surface area contributed by atoms with Gasteiger partial charge >= 0.3 is 0 Å². The number of nitrogens with zero attached hydrogens (tertiary/aromatic N) is 2. The Morgan fingerprint density at radius 3 is 2.41 bits per heavy atom. The predicted molar refractivity (Wildman–Crippen MR) is 69.7 cm³/mol. The largest absolute Gasteiger partial charge is 0.383 e. The lowest BCUT2D eigenvalue weighted by atomic mass is 10.3. The Morgan fingerprint density at radius 1 is 1.24 bits per heavy atom. The smallest absolute Gasteiger partial charge is 0.127 e. The molecule has 5 heteroatoms. The number of pyridine rings is 1. The fourth-order valence-electron chi connectivity index (χ4n) is 1.53. The van der Waals surface area contributed by atoms with Crippen LogP contribution in [0.25, 0.3) is 0 Å². The van der Waals surface area contributed by atoms with Crippen molar-refractivity contribution in [2.24, 2.45) is 0 Å². The van der Waals surface area contributed by atoms with Crippen molar-refractivity contribution in [3.8, 4) is 0 Å². The summed E-state index contributed by atoms with van der Waals surface area (Å²) >= 11 is 0. The zero-order chi connectivity index (χ0) is 12.5. The van der Waals surface area contributed by atoms with Crippen LogP contribution >= 0.6 is 0 Å². The summed E-state index contributed by atoms with van der Waals surface area (Å²) in [4.78, 5) is 6.42. The van der Waals surface area contributed by atoms with Gasteiger partial charge in [-0.15, -0.1) is 0 Å². The number of nitrogens with one attached hydrogen (secondary N) is 1. The van der Waals surface area contributed by atoms with E-state index in [9.17, 15) is 0 Å². The molecule has 1 aromatic heterocycles. The second-order valence-electron chi connectivity index (χ2n) is 3.62. The fraction of sp³-hybridized carbons (Fsp3) is 0.583. The Labute approximate surface area is 103 Å². The standard InChI is InChI=1S/C12H21N3O2/c1-13-12-10-11(4-5-14-12)15(6-8-16-2)7-9-17-3/h4-5,10H,6-9H2,1-3H3,(H,13,14). The van der Waals surface area contributed by atoms with Gasteiger partial charge in [0.05, 0.1) is 13.2 Å². The van der Waals surface area contributed by atoms with Crippen molar-refractivity contribution in [2.75, 3.05) is 57.8 Å². The summed E-state index contributed by atoms with van der Waals surface area (Å²) in [7, 11) is 5.28. The van der Waals surface area contributed by atoms with Crippen molar-refractivity contribution in [1.82, 2.24) is 4.98 Å². The minimum Gasteiger partial charge on any atom is -0.383 e. The fourth-order valence-corrected chi connectivity index (χ4v) is 1.53. The van der Waals surface area contributed by atoms with Crippen LogP contribution in [-0.4, -0.2) is 52.6 Å². The topological polar surface area (TPSA) is 46.6 Å². The highest BCUT2D eigenvalue weighted by Crippen LogP contribution is 2.16. The molecule has 96 valence electrons. The summed E-state index contributed by atoms with van der Waals surface area (Å²) in [5.74, 6) is 0.863. The lowest BCUT2D eigenvalue weighted by molar-refractivity contribution is 0.190. The molecule has 1 aromatic rings. The van der Waals surface area contributed by atoms with E-state index in [-0.39, 0.29) is 0 Å². The Hall–Kier alpha value is -1.33. The van der Waals surface area contributed by atoms with Crippen molar-refractivity contribution < 1.29 is 9.47 Å². The molecule has 0 saturated carbocycles. The average Bonchev–Trinajstić information content (AvgIpc) is 2.39. The van der Waals surface area contributed by atoms with Crippen molar-refractivity contribution in [3.05, 3.63) is 18.3 Å². The Kier molecular flexibility index (Phi) is 6.35. The van der Waals surface area contributed by atoms with Crippen LogP contribution in [0.5, 0.6) is 0 Å². The summed E-state index contributed by atoms with van der Waals surface area (Å²) in [6.07, 6.45) is 1.80. The maximum absolute atomic E-state index is 5.12. The van der Waals surface area contributed by atoms with Crippen LogP contribution in [0.1, 0.15) is 0 Å². The minimum absolute atomic E-state index is 0.695. The molecule has 0 atom stereocenters. The number of ether oxygens (including phenoxy) is 2. The molecule has 0 aliphatic heterocycles. The predicted octanol–water partition coefficient (Wildman–Crippen LogP) is 1.22. The van der Waals surface area contributed by atoms with Gasteiger partial charge in [0.1, 0.15) is 5.82 Å². The lowest BCUT2D eigenvalue weighted by Crippen LogP contribution is -2.30. The van der Waals surface area contributed by atoms with E-state index in [2.05, 4.69) is 15.2 Å². The molecule has 1 N–H and O–H groups in total. The number of hydrogen-bond donors (Lipinski definition) is 1. The van der Waals surface area contributed by atoms with Crippen molar-refractivity contribution in [1.29, 1.82) is 0 Å². The van der Waals surface area contributed by atoms with Gasteiger partial charge in [-0.25, -0.2) is 4.98 Å². The molecule has 5 nitrogen and oxygen atoms in total. The normalized spacial score (nSPS) is 10.3. The van der Waals surface area contributed by atoms with Crippen LogP contribution in [0.15, 0.2) is 18.3 Å². The van der Waals surface area contributed by atoms with E-state index in [1.807, 2.05) is 19.2 Å². The number of aromatic nitrogens is 1. The van der Waals surface area contributed by atoms with E-state index < -0.39 is 0 Å². The van der Waals surface area contributed by atoms with E-state index in [1.165, 1.54) is 0 Å². The Morgan fingerprint density at radius 2 is 1.88 bits per heavy atom. The van der Waals surface area contributed by atoms with Crippen molar-refractivity contribution in [2.45, 2.75) is 0 Å². The second-order valence-corrected chi connectivity index (χ2v) is 3.62. The number of hydrogen-bond acceptors (Lipinski definition) is 5. The number of methoxy groups -OCH3 is 2. The van der Waals surface area contributed by atoms with E-state index >= 15 is 0 Å². The first kappa shape index (κ1) is 13.7. The van der Waals surface area contributed by atoms with Crippen LogP contribution in [0.2, 0.25) is 0 Å². The van der Waals surface area contributed by atoms with Crippen LogP contribution in [-0.2, 0) is 9.47 Å². The van der Waals surface area contributed by atoms with Gasteiger partial charge in [-0.2, -0.15) is 0 Å². The van der Waals surface area contributed by atoms with Crippen molar-refractivity contribution in [3.63, 3.8) is 0 Å². The molecule has 1 heterocycles. The number of rotatable bonds is 8. The summed E-state index contributed by atoms with van der Waals surface area (Å²) < 4.78 is 10.2. The molecule has 17 heavy (non-hydrogen) atoms. The quantitative estimate of drug-likeness (QED) is 0.739. The molecule has 0 aliphatic rings. The number of anilines is 2. The van der Waals surface area contributed by atoms with Gasteiger partial charge in [-0.1, -0.05) is 0 Å². The molecule has 0 fully saturated rings. The molecule has 0 spiro atoms. The summed E-state index contributed by atoms with van der Waals surface area (Å²) in [6.45, 7) is 3.07. The molecule has 0 bridgehead atoms. The van der Waals surface area contributed by atoms with Crippen LogP contribution < -0.4 is 10.2 Å². The Bertz CT molecular complexity index is 312. The van der Waals surface area contributed by atoms with Gasteiger partial charge in [0.25, 0.3) is 0 Å². The van der Waals surface area contributed by atoms with E-state index in [0.29, 0.717) is 13.2 Å². The Balaban J connectivity index is 2.71. The van der Waals surface area contributed by atoms with E-state index in [1.54, 1.807) is 20.4 Å². The first-order valence-corrected chi connectivity index (χ1v) is 5.68. The van der Waals surface area contributed by atoms with Gasteiger partial charge in [-0.05, 0) is 6.07 Å². The molecule has 0 amide bonds. The SMILES string of the molecule is CNc1cc(N(CCOC)CCOC)ccn1. The van der Waals surface area contributed by atoms with Gasteiger partial charge < -0.3 is 19.7 Å². The molecule has 0 aromatic carbocycles. The van der Waals surface area contributed by atoms with Crippen LogP contribution in [0.3, 0.4) is 0 Å². The third kappa shape index (κ3) is 4.58. The third-order valence-corrected chi connectivity index (χ3v) is 2.50. The van der Waals surface area contributed by atoms with E-state index in [0.717, 1.165) is 24.6 Å². The first-order valence-electron chi connectivity index (χ1n) is 5.68. The summed E-state index contributed by atoms with van der Waals surface area (Å²) in [6, 6.07) is 4.01. The first-order chi connectivity index (χ1) is 8.31. The maximum atomic E-state index is 5.12. The maximum Gasteiger partial charge on any atom is 0.127 e. The van der Waals surface area contributed by atoms with Crippen LogP contribution in [0.4, 0.5) is 11.5 Å². The highest BCUT2D eigenvalue weighted by molar-refractivity contribution is 5.53. The monoisotopic (exact) mass is 239 g/mol. The molecule has 0 saturated heterocycles. The van der Waals surface area contributed by atoms with Gasteiger partial charge in [0, 0.05) is 52.3 Å².